The van der Waals surface area contributed by atoms with Gasteiger partial charge in [0.1, 0.15) is 0 Å². The maximum absolute atomic E-state index is 10.2. The summed E-state index contributed by atoms with van der Waals surface area (Å²) in [6.45, 7) is 6.75. The quantitative estimate of drug-likeness (QED) is 0.750. The van der Waals surface area contributed by atoms with Gasteiger partial charge in [0.15, 0.2) is 5.05 Å². The standard InChI is InChI=1S/C11H10N2O3S.C4H11N/c14-9(15)5-6-10(17)16-11-12-7-3-1-2-4-8(7)13-11;1-3-5-4-2/h1-4H,5-6H2,(H,12,13)(H,14,15);5H,3-4H2,1-2H3. The molecule has 0 atom stereocenters. The predicted octanol–water partition coefficient (Wildman–Crippen LogP) is 0.389. The zero-order chi connectivity index (χ0) is 16.4. The van der Waals surface area contributed by atoms with E-state index in [-0.39, 0.29) is 23.9 Å². The molecule has 2 rings (SSSR count). The lowest BCUT2D eigenvalue weighted by Crippen LogP contribution is -2.82. The number of fused-ring (bicyclic) bond motifs is 1. The van der Waals surface area contributed by atoms with E-state index in [1.165, 1.54) is 13.1 Å². The van der Waals surface area contributed by atoms with E-state index in [0.717, 1.165) is 11.0 Å². The van der Waals surface area contributed by atoms with E-state index in [1.807, 2.05) is 24.3 Å². The van der Waals surface area contributed by atoms with Crippen molar-refractivity contribution < 1.29 is 20.0 Å². The number of aromatic nitrogens is 2. The number of benzene rings is 1. The van der Waals surface area contributed by atoms with Crippen LogP contribution in [0.4, 0.5) is 0 Å². The van der Waals surface area contributed by atoms with Gasteiger partial charge < -0.3 is 24.9 Å². The molecule has 1 heterocycles. The fraction of sp³-hybridized carbons (Fsp3) is 0.400. The van der Waals surface area contributed by atoms with Gasteiger partial charge in [-0.2, -0.15) is 4.98 Å². The molecule has 0 spiro atoms. The Morgan fingerprint density at radius 2 is 2.00 bits per heavy atom. The predicted molar refractivity (Wildman–Crippen MR) is 86.6 cm³/mol. The van der Waals surface area contributed by atoms with Crippen LogP contribution in [0.3, 0.4) is 0 Å². The van der Waals surface area contributed by atoms with E-state index in [2.05, 4.69) is 29.1 Å². The number of nitrogens with one attached hydrogen (secondary N) is 1. The number of aliphatic carboxylic acids is 1. The monoisotopic (exact) mass is 323 g/mol. The maximum Gasteiger partial charge on any atom is 0.300 e. The first-order chi connectivity index (χ1) is 10.6. The number of carbonyl (C=O) groups is 1. The number of H-pyrrole nitrogens is 1. The van der Waals surface area contributed by atoms with E-state index in [4.69, 9.17) is 17.0 Å². The third kappa shape index (κ3) is 6.64. The van der Waals surface area contributed by atoms with E-state index < -0.39 is 5.97 Å². The van der Waals surface area contributed by atoms with Crippen LogP contribution >= 0.6 is 12.2 Å². The van der Waals surface area contributed by atoms with Gasteiger partial charge in [0, 0.05) is 12.4 Å². The maximum atomic E-state index is 10.2. The zero-order valence-electron chi connectivity index (χ0n) is 12.8. The third-order valence-corrected chi connectivity index (χ3v) is 2.98. The van der Waals surface area contributed by atoms with Crippen LogP contribution in [0.5, 0.6) is 6.01 Å². The molecule has 0 saturated heterocycles. The van der Waals surface area contributed by atoms with Gasteiger partial charge in [0.25, 0.3) is 0 Å². The molecular formula is C15H21N3O3S. The number of quaternary nitrogens is 1. The number of carboxylic acid groups (broad SMARTS) is 1. The first-order valence-corrected chi connectivity index (χ1v) is 7.64. The second-order valence-corrected chi connectivity index (χ2v) is 4.97. The number of carboxylic acids is 1. The Bertz CT molecular complexity index is 578. The summed E-state index contributed by atoms with van der Waals surface area (Å²) in [5, 5.41) is 12.7. The Balaban J connectivity index is 0.000000422. The molecule has 0 fully saturated rings. The number of imidazole rings is 1. The number of para-hydroxylation sites is 2. The van der Waals surface area contributed by atoms with Gasteiger partial charge in [-0.1, -0.05) is 12.1 Å². The van der Waals surface area contributed by atoms with Crippen LogP contribution in [0, 0.1) is 0 Å². The fourth-order valence-corrected chi connectivity index (χ4v) is 1.81. The first-order valence-electron chi connectivity index (χ1n) is 7.23. The van der Waals surface area contributed by atoms with Crippen molar-refractivity contribution in [2.24, 2.45) is 0 Å². The average molecular weight is 323 g/mol. The normalized spacial score (nSPS) is 9.91. The summed E-state index contributed by atoms with van der Waals surface area (Å²) in [5.41, 5.74) is 1.61. The third-order valence-electron chi connectivity index (χ3n) is 2.69. The van der Waals surface area contributed by atoms with Crippen molar-refractivity contribution in [3.8, 4) is 6.01 Å². The average Bonchev–Trinajstić information content (AvgIpc) is 2.88. The Hall–Kier alpha value is -1.99. The highest BCUT2D eigenvalue weighted by Crippen LogP contribution is 2.15. The van der Waals surface area contributed by atoms with Crippen LogP contribution in [0.2, 0.25) is 0 Å². The van der Waals surface area contributed by atoms with Crippen LogP contribution in [0.1, 0.15) is 26.7 Å². The number of hydrogen-bond acceptors (Lipinski definition) is 5. The van der Waals surface area contributed by atoms with Gasteiger partial charge in [0.05, 0.1) is 24.1 Å². The highest BCUT2D eigenvalue weighted by molar-refractivity contribution is 7.80. The number of nitrogens with two attached hydrogens (primary N) is 1. The molecule has 1 aromatic carbocycles. The van der Waals surface area contributed by atoms with E-state index in [1.54, 1.807) is 0 Å². The molecule has 0 radical (unpaired) electrons. The molecule has 2 aromatic rings. The summed E-state index contributed by atoms with van der Waals surface area (Å²) in [6.07, 6.45) is -0.0201. The van der Waals surface area contributed by atoms with E-state index in [9.17, 15) is 9.90 Å². The summed E-state index contributed by atoms with van der Waals surface area (Å²) in [5.74, 6) is -1.15. The second kappa shape index (κ2) is 9.86. The van der Waals surface area contributed by atoms with Gasteiger partial charge in [0.2, 0.25) is 0 Å². The molecule has 22 heavy (non-hydrogen) atoms. The molecule has 1 aromatic heterocycles. The molecule has 0 unspecified atom stereocenters. The minimum absolute atomic E-state index is 0.134. The van der Waals surface area contributed by atoms with Crippen LogP contribution in [0.25, 0.3) is 11.0 Å². The fourth-order valence-electron chi connectivity index (χ4n) is 1.63. The molecule has 6 nitrogen and oxygen atoms in total. The topological polar surface area (TPSA) is 94.7 Å². The summed E-state index contributed by atoms with van der Waals surface area (Å²) in [7, 11) is 0. The van der Waals surface area contributed by atoms with Gasteiger partial charge >= 0.3 is 6.01 Å². The summed E-state index contributed by atoms with van der Waals surface area (Å²) >= 11 is 4.89. The van der Waals surface area contributed by atoms with Gasteiger partial charge in [-0.05, 0) is 44.6 Å². The molecule has 0 bridgehead atoms. The van der Waals surface area contributed by atoms with Crippen molar-refractivity contribution in [3.63, 3.8) is 0 Å². The highest BCUT2D eigenvalue weighted by atomic mass is 32.1. The number of carbonyl (C=O) groups excluding carboxylic acids is 1. The molecule has 3 N–H and O–H groups in total. The number of nitrogens with zero attached hydrogens (tertiary/aromatic N) is 1. The lowest BCUT2D eigenvalue weighted by Gasteiger charge is -2.03. The zero-order valence-corrected chi connectivity index (χ0v) is 13.6. The van der Waals surface area contributed by atoms with Crippen LogP contribution in [0.15, 0.2) is 24.3 Å². The number of hydrogen-bond donors (Lipinski definition) is 2. The molecule has 0 saturated carbocycles. The lowest BCUT2D eigenvalue weighted by molar-refractivity contribution is -0.648. The molecule has 0 aliphatic carbocycles. The lowest BCUT2D eigenvalue weighted by atomic mass is 10.3. The van der Waals surface area contributed by atoms with Crippen LogP contribution < -0.4 is 15.2 Å². The minimum Gasteiger partial charge on any atom is -0.550 e. The number of thiocarbonyl (C=S) groups is 1. The summed E-state index contributed by atoms with van der Waals surface area (Å²) in [4.78, 5) is 17.3. The molecule has 120 valence electrons. The summed E-state index contributed by atoms with van der Waals surface area (Å²) in [6, 6.07) is 7.71. The second-order valence-electron chi connectivity index (χ2n) is 4.51. The molecule has 0 amide bonds. The van der Waals surface area contributed by atoms with Crippen molar-refractivity contribution in [1.29, 1.82) is 0 Å². The SMILES string of the molecule is CC[NH2+]CC.O=C([O-])CCC(=S)Oc1nc2ccccc2[nH]1. The van der Waals surface area contributed by atoms with E-state index in [0.29, 0.717) is 0 Å². The Morgan fingerprint density at radius 1 is 1.32 bits per heavy atom. The van der Waals surface area contributed by atoms with Gasteiger partial charge in [-0.15, -0.1) is 0 Å². The van der Waals surface area contributed by atoms with Crippen molar-refractivity contribution >= 4 is 34.3 Å². The van der Waals surface area contributed by atoms with Crippen LogP contribution in [-0.2, 0) is 4.79 Å². The Kier molecular flexibility index (Phi) is 8.09. The Labute approximate surface area is 134 Å². The van der Waals surface area contributed by atoms with Gasteiger partial charge in [-0.3, -0.25) is 0 Å². The van der Waals surface area contributed by atoms with Crippen molar-refractivity contribution in [3.05, 3.63) is 24.3 Å². The highest BCUT2D eigenvalue weighted by Gasteiger charge is 2.06. The molecule has 7 heteroatoms. The number of ether oxygens (including phenoxy) is 1. The Morgan fingerprint density at radius 3 is 2.55 bits per heavy atom. The summed E-state index contributed by atoms with van der Waals surface area (Å²) < 4.78 is 5.22. The van der Waals surface area contributed by atoms with Crippen LogP contribution in [-0.4, -0.2) is 34.1 Å². The van der Waals surface area contributed by atoms with Crippen molar-refractivity contribution in [2.45, 2.75) is 26.7 Å². The number of rotatable bonds is 6. The van der Waals surface area contributed by atoms with E-state index >= 15 is 0 Å². The largest absolute Gasteiger partial charge is 0.550 e. The minimum atomic E-state index is -1.15. The van der Waals surface area contributed by atoms with Crippen molar-refractivity contribution in [2.75, 3.05) is 13.1 Å². The number of aromatic amines is 1. The molecular weight excluding hydrogens is 302 g/mol. The van der Waals surface area contributed by atoms with Crippen molar-refractivity contribution in [1.82, 2.24) is 9.97 Å². The smallest absolute Gasteiger partial charge is 0.300 e. The first kappa shape index (κ1) is 18.1. The molecule has 0 aliphatic rings. The van der Waals surface area contributed by atoms with Gasteiger partial charge in [-0.25, -0.2) is 0 Å². The molecule has 0 aliphatic heterocycles.